The van der Waals surface area contributed by atoms with Gasteiger partial charge in [0.15, 0.2) is 0 Å². The molecule has 0 unspecified atom stereocenters. The minimum atomic E-state index is -0.107. The van der Waals surface area contributed by atoms with Crippen molar-refractivity contribution in [3.8, 4) is 0 Å². The summed E-state index contributed by atoms with van der Waals surface area (Å²) in [6.45, 7) is 5.89. The van der Waals surface area contributed by atoms with Crippen molar-refractivity contribution in [2.75, 3.05) is 19.6 Å². The normalized spacial score (nSPS) is 20.3. The molecule has 1 fully saturated rings. The van der Waals surface area contributed by atoms with Crippen LogP contribution in [-0.4, -0.2) is 37.5 Å². The zero-order valence-electron chi connectivity index (χ0n) is 13.7. The van der Waals surface area contributed by atoms with E-state index in [0.29, 0.717) is 24.7 Å². The average Bonchev–Trinajstić information content (AvgIpc) is 2.51. The van der Waals surface area contributed by atoms with Crippen LogP contribution in [0.25, 0.3) is 0 Å². The van der Waals surface area contributed by atoms with Crippen LogP contribution in [0.1, 0.15) is 35.7 Å². The van der Waals surface area contributed by atoms with Crippen LogP contribution in [0, 0.1) is 12.8 Å². The Morgan fingerprint density at radius 1 is 1.17 bits per heavy atom. The number of hydrogen-bond acceptors (Lipinski definition) is 3. The first-order valence-electron chi connectivity index (χ1n) is 7.92. The van der Waals surface area contributed by atoms with Crippen LogP contribution in [-0.2, 0) is 4.79 Å². The molecule has 0 spiro atoms. The summed E-state index contributed by atoms with van der Waals surface area (Å²) in [5.41, 5.74) is 1.77. The summed E-state index contributed by atoms with van der Waals surface area (Å²) in [4.78, 5) is 24.0. The SMILES string of the molecule is Cc1ccc(C(=O)NCCNC(=O)[C@H]2CCN[C@@H](C)C2)cc1.Cl. The average molecular weight is 340 g/mol. The van der Waals surface area contributed by atoms with E-state index in [1.165, 1.54) is 0 Å². The van der Waals surface area contributed by atoms with Crippen molar-refractivity contribution in [1.29, 1.82) is 0 Å². The molecule has 0 saturated carbocycles. The molecule has 0 aliphatic carbocycles. The van der Waals surface area contributed by atoms with Crippen LogP contribution >= 0.6 is 12.4 Å². The van der Waals surface area contributed by atoms with Crippen LogP contribution in [0.2, 0.25) is 0 Å². The van der Waals surface area contributed by atoms with Crippen molar-refractivity contribution >= 4 is 24.2 Å². The van der Waals surface area contributed by atoms with Gasteiger partial charge in [0, 0.05) is 30.6 Å². The first-order chi connectivity index (χ1) is 10.6. The van der Waals surface area contributed by atoms with E-state index in [-0.39, 0.29) is 30.1 Å². The Morgan fingerprint density at radius 3 is 2.48 bits per heavy atom. The van der Waals surface area contributed by atoms with Gasteiger partial charge < -0.3 is 16.0 Å². The van der Waals surface area contributed by atoms with Crippen molar-refractivity contribution in [3.63, 3.8) is 0 Å². The fourth-order valence-corrected chi connectivity index (χ4v) is 2.68. The molecule has 128 valence electrons. The molecule has 1 aliphatic rings. The van der Waals surface area contributed by atoms with E-state index in [1.807, 2.05) is 19.1 Å². The Kier molecular flexibility index (Phi) is 8.06. The third-order valence-electron chi connectivity index (χ3n) is 4.02. The highest BCUT2D eigenvalue weighted by molar-refractivity contribution is 5.94. The first-order valence-corrected chi connectivity index (χ1v) is 7.92. The maximum absolute atomic E-state index is 12.0. The Balaban J connectivity index is 0.00000264. The van der Waals surface area contributed by atoms with Crippen LogP contribution in [0.5, 0.6) is 0 Å². The minimum Gasteiger partial charge on any atom is -0.354 e. The lowest BCUT2D eigenvalue weighted by Crippen LogP contribution is -2.44. The second-order valence-electron chi connectivity index (χ2n) is 5.99. The summed E-state index contributed by atoms with van der Waals surface area (Å²) >= 11 is 0. The molecule has 1 aliphatic heterocycles. The maximum atomic E-state index is 12.0. The molecule has 1 aromatic rings. The lowest BCUT2D eigenvalue weighted by molar-refractivity contribution is -0.126. The smallest absolute Gasteiger partial charge is 0.251 e. The number of nitrogens with one attached hydrogen (secondary N) is 3. The molecule has 6 heteroatoms. The number of piperidine rings is 1. The lowest BCUT2D eigenvalue weighted by atomic mass is 9.92. The fraction of sp³-hybridized carbons (Fsp3) is 0.529. The largest absolute Gasteiger partial charge is 0.354 e. The first kappa shape index (κ1) is 19.5. The highest BCUT2D eigenvalue weighted by atomic mass is 35.5. The van der Waals surface area contributed by atoms with Crippen LogP contribution < -0.4 is 16.0 Å². The summed E-state index contributed by atoms with van der Waals surface area (Å²) < 4.78 is 0. The molecule has 1 heterocycles. The van der Waals surface area contributed by atoms with Gasteiger partial charge in [0.1, 0.15) is 0 Å². The van der Waals surface area contributed by atoms with E-state index < -0.39 is 0 Å². The van der Waals surface area contributed by atoms with Gasteiger partial charge in [-0.3, -0.25) is 9.59 Å². The number of carbonyl (C=O) groups excluding carboxylic acids is 2. The van der Waals surface area contributed by atoms with Crippen molar-refractivity contribution in [1.82, 2.24) is 16.0 Å². The summed E-state index contributed by atoms with van der Waals surface area (Å²) in [6, 6.07) is 7.83. The second kappa shape index (κ2) is 9.53. The molecule has 3 N–H and O–H groups in total. The number of aryl methyl sites for hydroxylation is 1. The third kappa shape index (κ3) is 6.20. The summed E-state index contributed by atoms with van der Waals surface area (Å²) in [5, 5.41) is 9.06. The Hall–Kier alpha value is -1.59. The highest BCUT2D eigenvalue weighted by Crippen LogP contribution is 2.15. The predicted octanol–water partition coefficient (Wildman–Crippen LogP) is 1.65. The summed E-state index contributed by atoms with van der Waals surface area (Å²) in [7, 11) is 0. The summed E-state index contributed by atoms with van der Waals surface area (Å²) in [5.74, 6) is 0.0757. The Morgan fingerprint density at radius 2 is 1.83 bits per heavy atom. The van der Waals surface area contributed by atoms with E-state index in [1.54, 1.807) is 12.1 Å². The maximum Gasteiger partial charge on any atom is 0.251 e. The second-order valence-corrected chi connectivity index (χ2v) is 5.99. The minimum absolute atomic E-state index is 0. The van der Waals surface area contributed by atoms with E-state index in [9.17, 15) is 9.59 Å². The van der Waals surface area contributed by atoms with Gasteiger partial charge in [-0.1, -0.05) is 17.7 Å². The van der Waals surface area contributed by atoms with Crippen molar-refractivity contribution in [3.05, 3.63) is 35.4 Å². The standard InChI is InChI=1S/C17H25N3O2.ClH/c1-12-3-5-14(6-4-12)16(21)19-9-10-20-17(22)15-7-8-18-13(2)11-15;/h3-6,13,15,18H,7-11H2,1-2H3,(H,19,21)(H,20,22);1H/t13-,15-;/m0./s1. The molecule has 0 aromatic heterocycles. The van der Waals surface area contributed by atoms with Gasteiger partial charge in [0.2, 0.25) is 5.91 Å². The molecule has 1 aromatic carbocycles. The molecule has 2 rings (SSSR count). The Bertz CT molecular complexity index is 519. The van der Waals surface area contributed by atoms with Crippen LogP contribution in [0.4, 0.5) is 0 Å². The highest BCUT2D eigenvalue weighted by Gasteiger charge is 2.24. The number of benzene rings is 1. The van der Waals surface area contributed by atoms with E-state index in [4.69, 9.17) is 0 Å². The van der Waals surface area contributed by atoms with Gasteiger partial charge in [0.25, 0.3) is 5.91 Å². The molecule has 5 nitrogen and oxygen atoms in total. The topological polar surface area (TPSA) is 70.2 Å². The monoisotopic (exact) mass is 339 g/mol. The zero-order valence-corrected chi connectivity index (χ0v) is 14.5. The van der Waals surface area contributed by atoms with Gasteiger partial charge in [-0.15, -0.1) is 12.4 Å². The van der Waals surface area contributed by atoms with Crippen molar-refractivity contribution in [2.24, 2.45) is 5.92 Å². The van der Waals surface area contributed by atoms with E-state index in [2.05, 4.69) is 22.9 Å². The molecule has 2 atom stereocenters. The number of amides is 2. The number of carbonyl (C=O) groups is 2. The molecule has 0 radical (unpaired) electrons. The molecule has 23 heavy (non-hydrogen) atoms. The summed E-state index contributed by atoms with van der Waals surface area (Å²) in [6.07, 6.45) is 1.76. The van der Waals surface area contributed by atoms with Gasteiger partial charge in [-0.2, -0.15) is 0 Å². The molecule has 0 bridgehead atoms. The molecule has 2 amide bonds. The van der Waals surface area contributed by atoms with Gasteiger partial charge in [-0.25, -0.2) is 0 Å². The molecule has 1 saturated heterocycles. The van der Waals surface area contributed by atoms with Crippen molar-refractivity contribution in [2.45, 2.75) is 32.7 Å². The number of halogens is 1. The van der Waals surface area contributed by atoms with Crippen LogP contribution in [0.15, 0.2) is 24.3 Å². The predicted molar refractivity (Wildman–Crippen MR) is 94.0 cm³/mol. The number of hydrogen-bond donors (Lipinski definition) is 3. The molecular weight excluding hydrogens is 314 g/mol. The van der Waals surface area contributed by atoms with E-state index >= 15 is 0 Å². The van der Waals surface area contributed by atoms with Crippen LogP contribution in [0.3, 0.4) is 0 Å². The fourth-order valence-electron chi connectivity index (χ4n) is 2.68. The van der Waals surface area contributed by atoms with E-state index in [0.717, 1.165) is 24.9 Å². The van der Waals surface area contributed by atoms with Gasteiger partial charge in [-0.05, 0) is 45.4 Å². The zero-order chi connectivity index (χ0) is 15.9. The molecular formula is C17H26ClN3O2. The Labute approximate surface area is 144 Å². The quantitative estimate of drug-likeness (QED) is 0.714. The lowest BCUT2D eigenvalue weighted by Gasteiger charge is -2.27. The number of rotatable bonds is 5. The van der Waals surface area contributed by atoms with Gasteiger partial charge >= 0.3 is 0 Å². The third-order valence-corrected chi connectivity index (χ3v) is 4.02. The van der Waals surface area contributed by atoms with Crippen molar-refractivity contribution < 1.29 is 9.59 Å². The van der Waals surface area contributed by atoms with Gasteiger partial charge in [0.05, 0.1) is 0 Å².